The minimum atomic E-state index is 0.923. The Hall–Kier alpha value is -1.61. The maximum absolute atomic E-state index is 4.37. The van der Waals surface area contributed by atoms with Gasteiger partial charge in [0.1, 0.15) is 0 Å². The number of aromatic nitrogens is 2. The lowest BCUT2D eigenvalue weighted by Crippen LogP contribution is -2.20. The SMILES string of the molecule is CCCNCCn1cc(-c2ccccc2)cn1. The summed E-state index contributed by atoms with van der Waals surface area (Å²) < 4.78 is 1.99. The van der Waals surface area contributed by atoms with Crippen LogP contribution in [0, 0.1) is 0 Å². The third-order valence-corrected chi connectivity index (χ3v) is 2.68. The Morgan fingerprint density at radius 1 is 1.12 bits per heavy atom. The minimum Gasteiger partial charge on any atom is -0.315 e. The second-order valence-electron chi connectivity index (χ2n) is 4.11. The van der Waals surface area contributed by atoms with Gasteiger partial charge in [0.05, 0.1) is 12.7 Å². The van der Waals surface area contributed by atoms with Crippen molar-refractivity contribution in [2.45, 2.75) is 19.9 Å². The highest BCUT2D eigenvalue weighted by molar-refractivity contribution is 5.61. The standard InChI is InChI=1S/C14H19N3/c1-2-8-15-9-10-17-12-14(11-16-17)13-6-4-3-5-7-13/h3-7,11-12,15H,2,8-10H2,1H3. The third-order valence-electron chi connectivity index (χ3n) is 2.68. The van der Waals surface area contributed by atoms with Gasteiger partial charge in [-0.05, 0) is 18.5 Å². The van der Waals surface area contributed by atoms with Crippen molar-refractivity contribution in [3.05, 3.63) is 42.7 Å². The normalized spacial score (nSPS) is 10.6. The van der Waals surface area contributed by atoms with Crippen molar-refractivity contribution in [1.82, 2.24) is 15.1 Å². The first kappa shape index (κ1) is 11.9. The van der Waals surface area contributed by atoms with Crippen molar-refractivity contribution in [2.24, 2.45) is 0 Å². The largest absolute Gasteiger partial charge is 0.315 e. The van der Waals surface area contributed by atoms with Gasteiger partial charge in [0, 0.05) is 18.3 Å². The van der Waals surface area contributed by atoms with Crippen LogP contribution in [0.4, 0.5) is 0 Å². The lowest BCUT2D eigenvalue weighted by Gasteiger charge is -2.02. The van der Waals surface area contributed by atoms with Crippen LogP contribution in [-0.4, -0.2) is 22.9 Å². The Morgan fingerprint density at radius 2 is 1.94 bits per heavy atom. The van der Waals surface area contributed by atoms with Gasteiger partial charge in [0.25, 0.3) is 0 Å². The second kappa shape index (κ2) is 6.21. The molecular weight excluding hydrogens is 210 g/mol. The van der Waals surface area contributed by atoms with Crippen LogP contribution >= 0.6 is 0 Å². The first-order chi connectivity index (χ1) is 8.40. The molecule has 2 aromatic rings. The molecule has 0 aliphatic heterocycles. The monoisotopic (exact) mass is 229 g/mol. The number of hydrogen-bond acceptors (Lipinski definition) is 2. The summed E-state index contributed by atoms with van der Waals surface area (Å²) in [4.78, 5) is 0. The highest BCUT2D eigenvalue weighted by Crippen LogP contribution is 2.17. The van der Waals surface area contributed by atoms with Crippen molar-refractivity contribution < 1.29 is 0 Å². The van der Waals surface area contributed by atoms with Crippen LogP contribution in [0.25, 0.3) is 11.1 Å². The van der Waals surface area contributed by atoms with Gasteiger partial charge in [-0.2, -0.15) is 5.10 Å². The highest BCUT2D eigenvalue weighted by Gasteiger charge is 2.00. The molecular formula is C14H19N3. The van der Waals surface area contributed by atoms with E-state index in [4.69, 9.17) is 0 Å². The molecule has 90 valence electrons. The van der Waals surface area contributed by atoms with Gasteiger partial charge >= 0.3 is 0 Å². The van der Waals surface area contributed by atoms with Crippen LogP contribution in [-0.2, 0) is 6.54 Å². The van der Waals surface area contributed by atoms with Crippen LogP contribution in [0.1, 0.15) is 13.3 Å². The zero-order valence-electron chi connectivity index (χ0n) is 10.3. The fraction of sp³-hybridized carbons (Fsp3) is 0.357. The molecule has 3 nitrogen and oxygen atoms in total. The van der Waals surface area contributed by atoms with E-state index in [0.29, 0.717) is 0 Å². The number of benzene rings is 1. The van der Waals surface area contributed by atoms with E-state index >= 15 is 0 Å². The van der Waals surface area contributed by atoms with E-state index in [0.717, 1.165) is 19.6 Å². The molecule has 0 aliphatic carbocycles. The predicted octanol–water partition coefficient (Wildman–Crippen LogP) is 2.55. The van der Waals surface area contributed by atoms with Crippen molar-refractivity contribution in [3.63, 3.8) is 0 Å². The summed E-state index contributed by atoms with van der Waals surface area (Å²) in [5, 5.41) is 7.74. The topological polar surface area (TPSA) is 29.9 Å². The molecule has 0 radical (unpaired) electrons. The lowest BCUT2D eigenvalue weighted by atomic mass is 10.1. The van der Waals surface area contributed by atoms with E-state index in [-0.39, 0.29) is 0 Å². The molecule has 17 heavy (non-hydrogen) atoms. The molecule has 0 bridgehead atoms. The zero-order valence-corrected chi connectivity index (χ0v) is 10.3. The summed E-state index contributed by atoms with van der Waals surface area (Å²) in [7, 11) is 0. The van der Waals surface area contributed by atoms with Crippen LogP contribution in [0.5, 0.6) is 0 Å². The van der Waals surface area contributed by atoms with Crippen LogP contribution in [0.2, 0.25) is 0 Å². The molecule has 0 unspecified atom stereocenters. The smallest absolute Gasteiger partial charge is 0.0568 e. The Morgan fingerprint density at radius 3 is 2.71 bits per heavy atom. The molecule has 0 fully saturated rings. The Labute approximate surface area is 102 Å². The van der Waals surface area contributed by atoms with Crippen LogP contribution in [0.3, 0.4) is 0 Å². The van der Waals surface area contributed by atoms with E-state index in [1.165, 1.54) is 17.5 Å². The number of hydrogen-bond donors (Lipinski definition) is 1. The summed E-state index contributed by atoms with van der Waals surface area (Å²) in [6.45, 7) is 5.15. The van der Waals surface area contributed by atoms with E-state index in [1.807, 2.05) is 16.9 Å². The molecule has 0 amide bonds. The van der Waals surface area contributed by atoms with Gasteiger partial charge in [0.15, 0.2) is 0 Å². The van der Waals surface area contributed by atoms with Gasteiger partial charge in [-0.15, -0.1) is 0 Å². The van der Waals surface area contributed by atoms with Crippen molar-refractivity contribution in [2.75, 3.05) is 13.1 Å². The average molecular weight is 229 g/mol. The Bertz CT molecular complexity index is 434. The molecule has 0 aliphatic rings. The average Bonchev–Trinajstić information content (AvgIpc) is 2.85. The summed E-state index contributed by atoms with van der Waals surface area (Å²) in [6, 6.07) is 10.3. The molecule has 3 heteroatoms. The molecule has 0 atom stereocenters. The van der Waals surface area contributed by atoms with E-state index in [1.54, 1.807) is 0 Å². The molecule has 0 saturated heterocycles. The number of nitrogens with zero attached hydrogens (tertiary/aromatic N) is 2. The third kappa shape index (κ3) is 3.43. The summed E-state index contributed by atoms with van der Waals surface area (Å²) in [5.41, 5.74) is 2.40. The lowest BCUT2D eigenvalue weighted by molar-refractivity contribution is 0.553. The minimum absolute atomic E-state index is 0.923. The van der Waals surface area contributed by atoms with Crippen molar-refractivity contribution in [3.8, 4) is 11.1 Å². The van der Waals surface area contributed by atoms with E-state index < -0.39 is 0 Å². The Balaban J connectivity index is 1.92. The Kier molecular flexibility index (Phi) is 4.33. The molecule has 1 heterocycles. The van der Waals surface area contributed by atoms with Crippen molar-refractivity contribution in [1.29, 1.82) is 0 Å². The second-order valence-corrected chi connectivity index (χ2v) is 4.11. The first-order valence-electron chi connectivity index (χ1n) is 6.18. The maximum atomic E-state index is 4.37. The van der Waals surface area contributed by atoms with Gasteiger partial charge in [-0.3, -0.25) is 4.68 Å². The quantitative estimate of drug-likeness (QED) is 0.771. The van der Waals surface area contributed by atoms with Crippen LogP contribution < -0.4 is 5.32 Å². The van der Waals surface area contributed by atoms with E-state index in [9.17, 15) is 0 Å². The van der Waals surface area contributed by atoms with Gasteiger partial charge in [-0.1, -0.05) is 37.3 Å². The summed E-state index contributed by atoms with van der Waals surface area (Å²) in [6.07, 6.45) is 5.20. The van der Waals surface area contributed by atoms with E-state index in [2.05, 4.69) is 47.8 Å². The summed E-state index contributed by atoms with van der Waals surface area (Å²) in [5.74, 6) is 0. The van der Waals surface area contributed by atoms with Gasteiger partial charge < -0.3 is 5.32 Å². The molecule has 1 aromatic carbocycles. The molecule has 1 aromatic heterocycles. The number of rotatable bonds is 6. The highest BCUT2D eigenvalue weighted by atomic mass is 15.3. The van der Waals surface area contributed by atoms with Crippen LogP contribution in [0.15, 0.2) is 42.7 Å². The zero-order chi connectivity index (χ0) is 11.9. The first-order valence-corrected chi connectivity index (χ1v) is 6.18. The van der Waals surface area contributed by atoms with Gasteiger partial charge in [0.2, 0.25) is 0 Å². The number of nitrogens with one attached hydrogen (secondary N) is 1. The molecule has 0 spiro atoms. The molecule has 0 saturated carbocycles. The molecule has 2 rings (SSSR count). The van der Waals surface area contributed by atoms with Gasteiger partial charge in [-0.25, -0.2) is 0 Å². The molecule has 1 N–H and O–H groups in total. The maximum Gasteiger partial charge on any atom is 0.0568 e. The fourth-order valence-corrected chi connectivity index (χ4v) is 1.76. The van der Waals surface area contributed by atoms with Crippen molar-refractivity contribution >= 4 is 0 Å². The predicted molar refractivity (Wildman–Crippen MR) is 70.8 cm³/mol. The summed E-state index contributed by atoms with van der Waals surface area (Å²) >= 11 is 0. The fourth-order valence-electron chi connectivity index (χ4n) is 1.76.